The Morgan fingerprint density at radius 1 is 1.35 bits per heavy atom. The minimum absolute atomic E-state index is 0.460. The Bertz CT molecular complexity index is 413. The molecule has 0 aliphatic heterocycles. The molecule has 114 valence electrons. The van der Waals surface area contributed by atoms with Crippen molar-refractivity contribution in [3.05, 3.63) is 22.2 Å². The van der Waals surface area contributed by atoms with Crippen LogP contribution < -0.4 is 14.8 Å². The van der Waals surface area contributed by atoms with E-state index in [9.17, 15) is 0 Å². The van der Waals surface area contributed by atoms with Gasteiger partial charge < -0.3 is 14.8 Å². The molecule has 20 heavy (non-hydrogen) atoms. The quantitative estimate of drug-likeness (QED) is 0.671. The lowest BCUT2D eigenvalue weighted by Crippen LogP contribution is -2.21. The lowest BCUT2D eigenvalue weighted by Gasteiger charge is -2.15. The van der Waals surface area contributed by atoms with Crippen molar-refractivity contribution in [2.45, 2.75) is 33.4 Å². The molecule has 0 saturated heterocycles. The van der Waals surface area contributed by atoms with E-state index in [4.69, 9.17) is 9.47 Å². The van der Waals surface area contributed by atoms with E-state index in [2.05, 4.69) is 48.1 Å². The summed E-state index contributed by atoms with van der Waals surface area (Å²) in [5.74, 6) is 3.67. The molecule has 5 heteroatoms. The van der Waals surface area contributed by atoms with Crippen molar-refractivity contribution in [3.63, 3.8) is 0 Å². The molecule has 0 radical (unpaired) electrons. The van der Waals surface area contributed by atoms with Crippen LogP contribution in [-0.2, 0) is 6.54 Å². The Morgan fingerprint density at radius 2 is 2.10 bits per heavy atom. The van der Waals surface area contributed by atoms with Crippen LogP contribution in [0.5, 0.6) is 11.5 Å². The minimum Gasteiger partial charge on any atom is -0.493 e. The van der Waals surface area contributed by atoms with Gasteiger partial charge in [0.05, 0.1) is 18.2 Å². The molecule has 0 unspecified atom stereocenters. The summed E-state index contributed by atoms with van der Waals surface area (Å²) in [6, 6.07) is 4.57. The van der Waals surface area contributed by atoms with E-state index in [1.165, 1.54) is 5.56 Å². The first-order chi connectivity index (χ1) is 9.58. The van der Waals surface area contributed by atoms with E-state index in [1.54, 1.807) is 7.11 Å². The molecule has 0 spiro atoms. The third-order valence-electron chi connectivity index (χ3n) is 2.68. The summed E-state index contributed by atoms with van der Waals surface area (Å²) >= 11 is 5.45. The lowest BCUT2D eigenvalue weighted by molar-refractivity contribution is 0.311. The topological polar surface area (TPSA) is 30.5 Å². The fraction of sp³-hybridized carbons (Fsp3) is 0.600. The minimum atomic E-state index is 0.460. The van der Waals surface area contributed by atoms with Crippen LogP contribution >= 0.6 is 27.7 Å². The number of hydrogen-bond acceptors (Lipinski definition) is 4. The Hall–Kier alpha value is -0.390. The van der Waals surface area contributed by atoms with Gasteiger partial charge in [-0.15, -0.1) is 0 Å². The third-order valence-corrected chi connectivity index (χ3v) is 4.13. The maximum atomic E-state index is 5.83. The highest BCUT2D eigenvalue weighted by molar-refractivity contribution is 9.10. The van der Waals surface area contributed by atoms with Crippen LogP contribution in [0.25, 0.3) is 0 Å². The average Bonchev–Trinajstić information content (AvgIpc) is 2.42. The second-order valence-corrected chi connectivity index (χ2v) is 6.94. The van der Waals surface area contributed by atoms with Crippen LogP contribution in [0.15, 0.2) is 16.6 Å². The number of halogens is 1. The summed E-state index contributed by atoms with van der Waals surface area (Å²) in [6.45, 7) is 7.93. The molecule has 0 saturated carbocycles. The second-order valence-electron chi connectivity index (χ2n) is 4.69. The summed E-state index contributed by atoms with van der Waals surface area (Å²) in [5, 5.41) is 3.40. The molecule has 0 bridgehead atoms. The van der Waals surface area contributed by atoms with Crippen LogP contribution in [0.1, 0.15) is 26.3 Å². The van der Waals surface area contributed by atoms with Gasteiger partial charge in [-0.1, -0.05) is 20.8 Å². The molecule has 1 aromatic carbocycles. The fourth-order valence-corrected chi connectivity index (χ4v) is 2.78. The summed E-state index contributed by atoms with van der Waals surface area (Å²) in [7, 11) is 1.68. The van der Waals surface area contributed by atoms with Crippen LogP contribution in [0.2, 0.25) is 0 Å². The van der Waals surface area contributed by atoms with Crippen molar-refractivity contribution in [3.8, 4) is 11.5 Å². The number of thioether (sulfide) groups is 1. The summed E-state index contributed by atoms with van der Waals surface area (Å²) < 4.78 is 12.2. The molecule has 0 aliphatic carbocycles. The zero-order valence-electron chi connectivity index (χ0n) is 12.7. The van der Waals surface area contributed by atoms with Crippen LogP contribution in [0, 0.1) is 0 Å². The molecular weight excluding hydrogens is 338 g/mol. The average molecular weight is 362 g/mol. The molecule has 0 aromatic heterocycles. The number of rotatable bonds is 9. The van der Waals surface area contributed by atoms with Crippen LogP contribution in [-0.4, -0.2) is 31.3 Å². The smallest absolute Gasteiger partial charge is 0.175 e. The number of hydrogen-bond donors (Lipinski definition) is 1. The lowest BCUT2D eigenvalue weighted by atomic mass is 10.2. The largest absolute Gasteiger partial charge is 0.493 e. The standard InChI is InChI=1S/C15H24BrNO2S/c1-5-20-7-6-19-15-13(16)8-12(9-14(15)18-4)10-17-11(2)3/h8-9,11,17H,5-7,10H2,1-4H3. The van der Waals surface area contributed by atoms with Crippen molar-refractivity contribution in [1.29, 1.82) is 0 Å². The summed E-state index contributed by atoms with van der Waals surface area (Å²) in [6.07, 6.45) is 0. The predicted octanol–water partition coefficient (Wildman–Crippen LogP) is 4.09. The molecule has 1 rings (SSSR count). The van der Waals surface area contributed by atoms with Gasteiger partial charge in [0.25, 0.3) is 0 Å². The molecule has 0 fully saturated rings. The van der Waals surface area contributed by atoms with Crippen LogP contribution in [0.3, 0.4) is 0 Å². The molecule has 0 atom stereocenters. The van der Waals surface area contributed by atoms with E-state index >= 15 is 0 Å². The van der Waals surface area contributed by atoms with Gasteiger partial charge in [0, 0.05) is 18.3 Å². The summed E-state index contributed by atoms with van der Waals surface area (Å²) in [4.78, 5) is 0. The Morgan fingerprint density at radius 3 is 2.70 bits per heavy atom. The normalized spacial score (nSPS) is 10.9. The molecule has 1 N–H and O–H groups in total. The zero-order valence-corrected chi connectivity index (χ0v) is 15.1. The van der Waals surface area contributed by atoms with Gasteiger partial charge >= 0.3 is 0 Å². The van der Waals surface area contributed by atoms with Crippen molar-refractivity contribution < 1.29 is 9.47 Å². The van der Waals surface area contributed by atoms with E-state index < -0.39 is 0 Å². The number of ether oxygens (including phenoxy) is 2. The molecule has 3 nitrogen and oxygen atoms in total. The fourth-order valence-electron chi connectivity index (χ4n) is 1.68. The van der Waals surface area contributed by atoms with Gasteiger partial charge in [0.1, 0.15) is 0 Å². The van der Waals surface area contributed by atoms with Crippen molar-refractivity contribution >= 4 is 27.7 Å². The Balaban J connectivity index is 2.74. The Kier molecular flexibility index (Phi) is 8.41. The number of methoxy groups -OCH3 is 1. The van der Waals surface area contributed by atoms with E-state index in [0.717, 1.165) is 34.0 Å². The first kappa shape index (κ1) is 17.7. The molecule has 0 heterocycles. The van der Waals surface area contributed by atoms with Gasteiger partial charge in [-0.25, -0.2) is 0 Å². The molecule has 0 aliphatic rings. The number of nitrogens with one attached hydrogen (secondary N) is 1. The van der Waals surface area contributed by atoms with E-state index in [1.807, 2.05) is 17.8 Å². The SMILES string of the molecule is CCSCCOc1c(Br)cc(CNC(C)C)cc1OC. The van der Waals surface area contributed by atoms with Gasteiger partial charge in [-0.2, -0.15) is 11.8 Å². The third kappa shape index (κ3) is 5.94. The second kappa shape index (κ2) is 9.53. The first-order valence-corrected chi connectivity index (χ1v) is 8.83. The van der Waals surface area contributed by atoms with E-state index in [-0.39, 0.29) is 0 Å². The van der Waals surface area contributed by atoms with Crippen molar-refractivity contribution in [1.82, 2.24) is 5.32 Å². The Labute approximate surface area is 134 Å². The van der Waals surface area contributed by atoms with Gasteiger partial charge in [0.15, 0.2) is 11.5 Å². The highest BCUT2D eigenvalue weighted by Crippen LogP contribution is 2.36. The zero-order chi connectivity index (χ0) is 15.0. The van der Waals surface area contributed by atoms with Gasteiger partial charge in [-0.05, 0) is 39.4 Å². The molecule has 0 amide bonds. The predicted molar refractivity (Wildman–Crippen MR) is 91.2 cm³/mol. The first-order valence-electron chi connectivity index (χ1n) is 6.88. The van der Waals surface area contributed by atoms with Crippen molar-refractivity contribution in [2.24, 2.45) is 0 Å². The van der Waals surface area contributed by atoms with Crippen molar-refractivity contribution in [2.75, 3.05) is 25.2 Å². The monoisotopic (exact) mass is 361 g/mol. The molecular formula is C15H24BrNO2S. The number of benzene rings is 1. The maximum absolute atomic E-state index is 5.83. The maximum Gasteiger partial charge on any atom is 0.175 e. The highest BCUT2D eigenvalue weighted by Gasteiger charge is 2.11. The molecule has 1 aromatic rings. The summed E-state index contributed by atoms with van der Waals surface area (Å²) in [5.41, 5.74) is 1.18. The highest BCUT2D eigenvalue weighted by atomic mass is 79.9. The van der Waals surface area contributed by atoms with Gasteiger partial charge in [-0.3, -0.25) is 0 Å². The van der Waals surface area contributed by atoms with E-state index in [0.29, 0.717) is 12.6 Å². The van der Waals surface area contributed by atoms with Gasteiger partial charge in [0.2, 0.25) is 0 Å². The van der Waals surface area contributed by atoms with Crippen LogP contribution in [0.4, 0.5) is 0 Å².